The smallest absolute Gasteiger partial charge is 0.391 e. The second kappa shape index (κ2) is 23.5. The van der Waals surface area contributed by atoms with E-state index in [0.717, 1.165) is 34.2 Å². The zero-order valence-corrected chi connectivity index (χ0v) is 44.3. The number of β-amino-alcohol motifs (C(OH)–C–C–N with tert-alkyl or cyclic N) is 1. The summed E-state index contributed by atoms with van der Waals surface area (Å²) in [6.07, 6.45) is -0.190. The van der Waals surface area contributed by atoms with Crippen molar-refractivity contribution in [3.63, 3.8) is 0 Å². The first kappa shape index (κ1) is 56.7. The Balaban J connectivity index is 0.933. The molecule has 4 aliphatic heterocycles. The van der Waals surface area contributed by atoms with Gasteiger partial charge in [0.15, 0.2) is 0 Å². The number of hydrogen-bond donors (Lipinski definition) is 6. The highest BCUT2D eigenvalue weighted by Gasteiger charge is 2.44. The van der Waals surface area contributed by atoms with Gasteiger partial charge >= 0.3 is 6.18 Å². The van der Waals surface area contributed by atoms with Crippen molar-refractivity contribution in [2.24, 2.45) is 10.4 Å². The number of H-pyrrole nitrogens is 1. The van der Waals surface area contributed by atoms with Gasteiger partial charge in [0.2, 0.25) is 17.4 Å². The monoisotopic (exact) mass is 1040 g/mol. The zero-order valence-electron chi connectivity index (χ0n) is 44.3. The first-order valence-corrected chi connectivity index (χ1v) is 25.9. The predicted octanol–water partition coefficient (Wildman–Crippen LogP) is 7.32. The van der Waals surface area contributed by atoms with E-state index in [0.29, 0.717) is 75.6 Å². The number of aromatic nitrogens is 1. The van der Waals surface area contributed by atoms with Crippen LogP contribution in [0.15, 0.2) is 82.4 Å². The molecular formula is C56H73F4N9O6. The molecule has 5 unspecified atom stereocenters. The van der Waals surface area contributed by atoms with Gasteiger partial charge in [0.05, 0.1) is 28.6 Å². The third-order valence-electron chi connectivity index (χ3n) is 15.2. The van der Waals surface area contributed by atoms with Crippen molar-refractivity contribution in [3.8, 4) is 0 Å². The minimum absolute atomic E-state index is 0.0372. The highest BCUT2D eigenvalue weighted by atomic mass is 19.4. The maximum atomic E-state index is 16.3. The van der Waals surface area contributed by atoms with Crippen LogP contribution in [0.4, 0.5) is 28.9 Å². The first-order valence-electron chi connectivity index (χ1n) is 25.9. The summed E-state index contributed by atoms with van der Waals surface area (Å²) in [5.41, 5.74) is 2.26. The number of nitrogens with zero attached hydrogens (tertiary/aromatic N) is 5. The molecule has 0 radical (unpaired) electrons. The van der Waals surface area contributed by atoms with E-state index in [4.69, 9.17) is 0 Å². The number of aromatic amines is 1. The number of carbonyl (C=O) groups is 3. The summed E-state index contributed by atoms with van der Waals surface area (Å²) in [7, 11) is 1.97. The first-order chi connectivity index (χ1) is 35.3. The minimum atomic E-state index is -4.99. The number of nitrogens with one attached hydrogen (secondary N) is 4. The van der Waals surface area contributed by atoms with Gasteiger partial charge in [-0.3, -0.25) is 34.0 Å². The molecule has 5 heterocycles. The maximum Gasteiger partial charge on any atom is 0.417 e. The topological polar surface area (TPSA) is 186 Å². The van der Waals surface area contributed by atoms with E-state index in [1.54, 1.807) is 17.2 Å². The van der Waals surface area contributed by atoms with Crippen molar-refractivity contribution >= 4 is 46.5 Å². The molecule has 7 atom stereocenters. The molecule has 7 rings (SSSR count). The Hall–Kier alpha value is -5.99. The highest BCUT2D eigenvalue weighted by molar-refractivity contribution is 6.07. The minimum Gasteiger partial charge on any atom is -0.391 e. The van der Waals surface area contributed by atoms with Gasteiger partial charge < -0.3 is 40.9 Å². The molecule has 19 heteroatoms. The van der Waals surface area contributed by atoms with E-state index in [1.165, 1.54) is 12.1 Å². The molecule has 406 valence electrons. The lowest BCUT2D eigenvalue weighted by molar-refractivity contribution is -0.141. The van der Waals surface area contributed by atoms with Gasteiger partial charge in [-0.25, -0.2) is 4.39 Å². The Bertz CT molecular complexity index is 2760. The molecule has 75 heavy (non-hydrogen) atoms. The molecule has 2 aromatic carbocycles. The van der Waals surface area contributed by atoms with E-state index in [-0.39, 0.29) is 66.7 Å². The number of benzene rings is 2. The number of piperazine rings is 1. The molecule has 0 saturated carbocycles. The van der Waals surface area contributed by atoms with Gasteiger partial charge in [0, 0.05) is 105 Å². The van der Waals surface area contributed by atoms with Gasteiger partial charge in [-0.2, -0.15) is 13.2 Å². The van der Waals surface area contributed by atoms with Crippen molar-refractivity contribution < 1.29 is 42.2 Å². The number of likely N-dealkylation sites (N-methyl/N-ethyl adjacent to an activating group) is 1. The number of likely N-dealkylation sites (tertiary alicyclic amines) is 1. The van der Waals surface area contributed by atoms with Crippen LogP contribution < -0.4 is 26.4 Å². The second-order valence-corrected chi connectivity index (χ2v) is 21.8. The van der Waals surface area contributed by atoms with Gasteiger partial charge in [0.1, 0.15) is 18.1 Å². The largest absolute Gasteiger partial charge is 0.417 e. The van der Waals surface area contributed by atoms with E-state index >= 15 is 4.39 Å². The molecule has 4 aliphatic rings. The van der Waals surface area contributed by atoms with Gasteiger partial charge in [-0.05, 0) is 107 Å². The summed E-state index contributed by atoms with van der Waals surface area (Å²) in [5, 5.41) is 31.2. The standard InChI is InChI=1S/C56H73F4N9O6/c1-32-26-61-36(5)51(32)39-16-14-37(15-17-39)27-62-35(4)46-22-40(70)31-69(46)54(75)52(55(6,7)8)65-48(71)12-10-11-13-50(73)67-20-18-38(19-21-67)41-23-45(47(25-44(41)57)68-29-33(2)66(9)34(3)30-68)64-53(74)42-28-63-49(72)24-43(42)56(58,59)60/h14-18,23-26,28,33-35,40,46,50,52,62,70,73H,1,10-13,19-22,27,29-31H2,2-9H3,(H,63,72)(H,64,74)(H,65,71)/t33?,34?,35?,40-,46+,50?,52?/m1/s1. The van der Waals surface area contributed by atoms with E-state index in [2.05, 4.69) is 37.4 Å². The summed E-state index contributed by atoms with van der Waals surface area (Å²) >= 11 is 0. The number of hydrogen-bond acceptors (Lipinski definition) is 11. The van der Waals surface area contributed by atoms with E-state index in [1.807, 2.05) is 89.6 Å². The van der Waals surface area contributed by atoms with Crippen LogP contribution in [-0.4, -0.2) is 136 Å². The molecule has 1 aromatic heterocycles. The average molecular weight is 1040 g/mol. The predicted molar refractivity (Wildman–Crippen MR) is 284 cm³/mol. The summed E-state index contributed by atoms with van der Waals surface area (Å²) in [4.78, 5) is 67.3. The summed E-state index contributed by atoms with van der Waals surface area (Å²) in [5.74, 6) is -2.26. The fourth-order valence-corrected chi connectivity index (χ4v) is 10.6. The highest BCUT2D eigenvalue weighted by Crippen LogP contribution is 2.38. The van der Waals surface area contributed by atoms with E-state index in [9.17, 15) is 42.6 Å². The van der Waals surface area contributed by atoms with Crippen LogP contribution in [0.2, 0.25) is 0 Å². The molecule has 0 spiro atoms. The molecule has 3 aromatic rings. The number of aliphatic hydroxyl groups is 2. The number of allylic oxidation sites excluding steroid dienone is 3. The van der Waals surface area contributed by atoms with Crippen molar-refractivity contribution in [1.29, 1.82) is 0 Å². The van der Waals surface area contributed by atoms with Gasteiger partial charge in [0.25, 0.3) is 5.91 Å². The Morgan fingerprint density at radius 2 is 1.71 bits per heavy atom. The average Bonchev–Trinajstić information content (AvgIpc) is 3.92. The van der Waals surface area contributed by atoms with Crippen molar-refractivity contribution in [1.82, 2.24) is 30.3 Å². The zero-order chi connectivity index (χ0) is 54.7. The van der Waals surface area contributed by atoms with Crippen molar-refractivity contribution in [2.75, 3.05) is 50.0 Å². The fourth-order valence-electron chi connectivity index (χ4n) is 10.6. The van der Waals surface area contributed by atoms with Crippen LogP contribution in [0.25, 0.3) is 11.1 Å². The van der Waals surface area contributed by atoms with Crippen LogP contribution in [0.5, 0.6) is 0 Å². The third-order valence-corrected chi connectivity index (χ3v) is 15.2. The summed E-state index contributed by atoms with van der Waals surface area (Å²) in [6, 6.07) is 10.0. The van der Waals surface area contributed by atoms with Gasteiger partial charge in [-0.1, -0.05) is 57.7 Å². The molecule has 0 bridgehead atoms. The van der Waals surface area contributed by atoms with Crippen LogP contribution in [-0.2, 0) is 22.3 Å². The lowest BCUT2D eigenvalue weighted by Crippen LogP contribution is -2.58. The summed E-state index contributed by atoms with van der Waals surface area (Å²) in [6.45, 7) is 20.0. The lowest BCUT2D eigenvalue weighted by Gasteiger charge is -2.44. The third kappa shape index (κ3) is 13.5. The molecule has 0 aliphatic carbocycles. The Morgan fingerprint density at radius 3 is 2.32 bits per heavy atom. The summed E-state index contributed by atoms with van der Waals surface area (Å²) < 4.78 is 58.3. The Labute approximate surface area is 436 Å². The quantitative estimate of drug-likeness (QED) is 0.0591. The maximum absolute atomic E-state index is 16.3. The molecule has 2 fully saturated rings. The number of alkyl halides is 3. The molecule has 6 N–H and O–H groups in total. The SMILES string of the molecule is C=C1C=NC(C)=C1c1ccc(CNC(C)[C@@H]2C[C@@H](O)CN2C(=O)C(NC(=O)CCCCC(O)N2CC=C(c3cc(NC(=O)c4c[nH]c(=O)cc4C(F)(F)F)c(N4CC(C)N(C)C(C)C4)cc3F)CC2)C(C)(C)C)cc1. The normalized spacial score (nSPS) is 22.1. The number of pyridine rings is 1. The van der Waals surface area contributed by atoms with Crippen LogP contribution in [0.3, 0.4) is 0 Å². The number of amides is 3. The molecule has 2 saturated heterocycles. The van der Waals surface area contributed by atoms with Crippen molar-refractivity contribution in [2.45, 2.75) is 142 Å². The Kier molecular flexibility index (Phi) is 17.8. The second-order valence-electron chi connectivity index (χ2n) is 21.8. The number of carbonyl (C=O) groups excluding carboxylic acids is 3. The van der Waals surface area contributed by atoms with Crippen LogP contribution in [0, 0.1) is 11.2 Å². The Morgan fingerprint density at radius 1 is 1.01 bits per heavy atom. The van der Waals surface area contributed by atoms with Crippen LogP contribution in [0.1, 0.15) is 120 Å². The number of aliphatic hydroxyl groups excluding tert-OH is 2. The number of unbranched alkanes of at least 4 members (excludes halogenated alkanes) is 1. The lowest BCUT2D eigenvalue weighted by atomic mass is 9.85. The number of rotatable bonds is 17. The van der Waals surface area contributed by atoms with Gasteiger partial charge in [-0.15, -0.1) is 0 Å². The molecule has 15 nitrogen and oxygen atoms in total. The van der Waals surface area contributed by atoms with E-state index < -0.39 is 58.4 Å². The number of halogens is 4. The van der Waals surface area contributed by atoms with Crippen molar-refractivity contribution in [3.05, 3.63) is 117 Å². The fraction of sp³-hybridized carbons (Fsp3) is 0.518. The molecule has 3 amide bonds. The number of anilines is 2. The van der Waals surface area contributed by atoms with Crippen LogP contribution >= 0.6 is 0 Å². The number of aliphatic imine (C=N–C) groups is 1. The molecular weight excluding hydrogens is 971 g/mol.